The molecule has 2 aliphatic rings. The maximum absolute atomic E-state index is 12.1. The second kappa shape index (κ2) is 10.9. The number of esters is 1. The second-order valence-electron chi connectivity index (χ2n) is 13.6. The third-order valence-corrected chi connectivity index (χ3v) is 8.87. The Bertz CT molecular complexity index is 1340. The predicted molar refractivity (Wildman–Crippen MR) is 163 cm³/mol. The molecule has 0 bridgehead atoms. The zero-order valence-corrected chi connectivity index (χ0v) is 27.0. The Morgan fingerprint density at radius 3 is 2.40 bits per heavy atom. The van der Waals surface area contributed by atoms with Crippen molar-refractivity contribution < 1.29 is 23.5 Å². The van der Waals surface area contributed by atoms with E-state index in [1.54, 1.807) is 7.11 Å². The standard InChI is InChI=1S/C33H46NO5P/c1-12-37-28(35)13-21-19-34(18-20(21)2)40-39-27-17-23(32(6,7)8)15-25-30(27)38-29-24(33(25,9)10)14-22(31(3,4)5)16-26(29)36-11/h14-19,24,29,40H,12-13H2,1-11H3. The second-order valence-corrected chi connectivity index (χ2v) is 14.5. The molecule has 4 rings (SSSR count). The van der Waals surface area contributed by atoms with E-state index < -0.39 is 0 Å². The molecule has 7 heteroatoms. The molecule has 2 heterocycles. The van der Waals surface area contributed by atoms with Gasteiger partial charge < -0.3 is 23.1 Å². The molecule has 3 atom stereocenters. The summed E-state index contributed by atoms with van der Waals surface area (Å²) >= 11 is 0. The van der Waals surface area contributed by atoms with Crippen molar-refractivity contribution in [2.45, 2.75) is 92.6 Å². The minimum atomic E-state index is -0.241. The molecule has 1 aliphatic carbocycles. The molecular formula is C33H46NO5P. The van der Waals surface area contributed by atoms with Crippen LogP contribution in [0.5, 0.6) is 11.5 Å². The molecule has 0 spiro atoms. The number of carbonyl (C=O) groups is 1. The topological polar surface area (TPSA) is 58.9 Å². The first-order valence-corrected chi connectivity index (χ1v) is 15.0. The smallest absolute Gasteiger partial charge is 0.310 e. The van der Waals surface area contributed by atoms with E-state index in [-0.39, 0.29) is 49.6 Å². The SMILES string of the molecule is CCOC(=O)Cc1cn(POc2cc(C(C)(C)C)cc3c2OC2C(OC)=CC(C(C)(C)C)=CC2C3(C)C)cc1C. The van der Waals surface area contributed by atoms with Gasteiger partial charge in [-0.2, -0.15) is 0 Å². The summed E-state index contributed by atoms with van der Waals surface area (Å²) in [6, 6.07) is 4.42. The van der Waals surface area contributed by atoms with Crippen molar-refractivity contribution in [3.05, 3.63) is 70.3 Å². The molecule has 0 saturated carbocycles. The maximum Gasteiger partial charge on any atom is 0.310 e. The van der Waals surface area contributed by atoms with Gasteiger partial charge in [-0.05, 0) is 59.1 Å². The Hall–Kier alpha value is -2.72. The molecule has 1 aromatic heterocycles. The molecule has 2 aromatic rings. The van der Waals surface area contributed by atoms with E-state index in [0.29, 0.717) is 6.61 Å². The van der Waals surface area contributed by atoms with Gasteiger partial charge in [-0.3, -0.25) is 4.79 Å². The molecule has 0 N–H and O–H groups in total. The molecule has 0 saturated heterocycles. The monoisotopic (exact) mass is 567 g/mol. The maximum atomic E-state index is 12.1. The summed E-state index contributed by atoms with van der Waals surface area (Å²) in [5.74, 6) is 2.23. The van der Waals surface area contributed by atoms with Gasteiger partial charge in [0, 0.05) is 29.3 Å². The van der Waals surface area contributed by atoms with Gasteiger partial charge in [0.15, 0.2) is 26.6 Å². The summed E-state index contributed by atoms with van der Waals surface area (Å²) in [5, 5.41) is 0. The van der Waals surface area contributed by atoms with E-state index in [4.69, 9.17) is 18.7 Å². The average Bonchev–Trinajstić information content (AvgIpc) is 3.19. The number of methoxy groups -OCH3 is 1. The van der Waals surface area contributed by atoms with Gasteiger partial charge in [-0.25, -0.2) is 0 Å². The molecule has 218 valence electrons. The minimum absolute atomic E-state index is 0.00518. The number of allylic oxidation sites excluding steroid dienone is 2. The van der Waals surface area contributed by atoms with Crippen LogP contribution in [0, 0.1) is 18.3 Å². The van der Waals surface area contributed by atoms with Crippen LogP contribution in [0.15, 0.2) is 48.0 Å². The lowest BCUT2D eigenvalue weighted by Gasteiger charge is -2.47. The van der Waals surface area contributed by atoms with E-state index in [1.807, 2.05) is 30.6 Å². The molecule has 0 fully saturated rings. The molecule has 1 aromatic carbocycles. The number of rotatable bonds is 7. The van der Waals surface area contributed by atoms with Gasteiger partial charge >= 0.3 is 5.97 Å². The van der Waals surface area contributed by atoms with Gasteiger partial charge in [0.05, 0.1) is 20.1 Å². The number of ether oxygens (including phenoxy) is 3. The Morgan fingerprint density at radius 1 is 1.10 bits per heavy atom. The van der Waals surface area contributed by atoms with Crippen molar-refractivity contribution in [2.75, 3.05) is 13.7 Å². The summed E-state index contributed by atoms with van der Waals surface area (Å²) in [6.07, 6.45) is 8.52. The third kappa shape index (κ3) is 5.98. The fourth-order valence-corrected chi connectivity index (χ4v) is 6.23. The quantitative estimate of drug-likeness (QED) is 0.252. The van der Waals surface area contributed by atoms with Crippen LogP contribution >= 0.6 is 8.96 Å². The molecule has 1 aliphatic heterocycles. The van der Waals surface area contributed by atoms with E-state index in [2.05, 4.69) is 79.7 Å². The highest BCUT2D eigenvalue weighted by molar-refractivity contribution is 7.30. The van der Waals surface area contributed by atoms with Gasteiger partial charge in [0.25, 0.3) is 0 Å². The van der Waals surface area contributed by atoms with Crippen LogP contribution in [-0.4, -0.2) is 30.1 Å². The Kier molecular flexibility index (Phi) is 8.26. The Morgan fingerprint density at radius 2 is 1.80 bits per heavy atom. The van der Waals surface area contributed by atoms with Gasteiger partial charge in [-0.15, -0.1) is 0 Å². The number of hydrogen-bond acceptors (Lipinski definition) is 5. The molecule has 0 radical (unpaired) electrons. The zero-order valence-electron chi connectivity index (χ0n) is 26.0. The van der Waals surface area contributed by atoms with Crippen LogP contribution in [0.4, 0.5) is 0 Å². The largest absolute Gasteiger partial charge is 0.497 e. The van der Waals surface area contributed by atoms with E-state index in [0.717, 1.165) is 33.9 Å². The highest BCUT2D eigenvalue weighted by Crippen LogP contribution is 2.54. The summed E-state index contributed by atoms with van der Waals surface area (Å²) in [6.45, 7) is 22.2. The number of benzene rings is 1. The van der Waals surface area contributed by atoms with Crippen molar-refractivity contribution >= 4 is 14.9 Å². The van der Waals surface area contributed by atoms with Crippen molar-refractivity contribution in [1.82, 2.24) is 4.34 Å². The summed E-state index contributed by atoms with van der Waals surface area (Å²) in [4.78, 5) is 12.1. The highest BCUT2D eigenvalue weighted by atomic mass is 31.1. The van der Waals surface area contributed by atoms with Crippen LogP contribution in [0.3, 0.4) is 0 Å². The third-order valence-electron chi connectivity index (χ3n) is 8.09. The summed E-state index contributed by atoms with van der Waals surface area (Å²) < 4.78 is 26.4. The van der Waals surface area contributed by atoms with E-state index in [9.17, 15) is 4.79 Å². The summed E-state index contributed by atoms with van der Waals surface area (Å²) in [7, 11) is 1.72. The van der Waals surface area contributed by atoms with Gasteiger partial charge in [0.2, 0.25) is 0 Å². The molecule has 3 unspecified atom stereocenters. The molecule has 0 amide bonds. The first kappa shape index (κ1) is 30.2. The van der Waals surface area contributed by atoms with Crippen LogP contribution in [0.2, 0.25) is 0 Å². The van der Waals surface area contributed by atoms with E-state index >= 15 is 0 Å². The number of carbonyl (C=O) groups excluding carboxylic acids is 1. The first-order valence-electron chi connectivity index (χ1n) is 14.2. The number of aromatic nitrogens is 1. The van der Waals surface area contributed by atoms with Crippen molar-refractivity contribution in [3.8, 4) is 11.5 Å². The lowest BCUT2D eigenvalue weighted by Crippen LogP contribution is -2.47. The lowest BCUT2D eigenvalue weighted by molar-refractivity contribution is -0.142. The number of fused-ring (bicyclic) bond motifs is 2. The van der Waals surface area contributed by atoms with Crippen LogP contribution < -0.4 is 9.26 Å². The number of aryl methyl sites for hydroxylation is 1. The molecular weight excluding hydrogens is 521 g/mol. The van der Waals surface area contributed by atoms with Crippen LogP contribution in [0.1, 0.15) is 84.6 Å². The lowest BCUT2D eigenvalue weighted by atomic mass is 9.64. The van der Waals surface area contributed by atoms with Crippen molar-refractivity contribution in [3.63, 3.8) is 0 Å². The fraction of sp³-hybridized carbons (Fsp3) is 0.545. The normalized spacial score (nSPS) is 20.3. The van der Waals surface area contributed by atoms with Gasteiger partial charge in [-0.1, -0.05) is 67.5 Å². The molecule has 40 heavy (non-hydrogen) atoms. The highest BCUT2D eigenvalue weighted by Gasteiger charge is 2.48. The minimum Gasteiger partial charge on any atom is -0.497 e. The van der Waals surface area contributed by atoms with E-state index in [1.165, 1.54) is 11.1 Å². The zero-order chi connectivity index (χ0) is 29.6. The van der Waals surface area contributed by atoms with Crippen molar-refractivity contribution in [1.29, 1.82) is 0 Å². The van der Waals surface area contributed by atoms with Crippen molar-refractivity contribution in [2.24, 2.45) is 11.3 Å². The number of hydrogen-bond donors (Lipinski definition) is 0. The van der Waals surface area contributed by atoms with Gasteiger partial charge in [0.1, 0.15) is 5.76 Å². The predicted octanol–water partition coefficient (Wildman–Crippen LogP) is 7.81. The Labute approximate surface area is 242 Å². The fourth-order valence-electron chi connectivity index (χ4n) is 5.42. The average molecular weight is 568 g/mol. The number of nitrogens with zero attached hydrogens (tertiary/aromatic N) is 1. The van der Waals surface area contributed by atoms with Crippen LogP contribution in [0.25, 0.3) is 0 Å². The van der Waals surface area contributed by atoms with Crippen LogP contribution in [-0.2, 0) is 31.5 Å². The Balaban J connectivity index is 1.74. The molecule has 6 nitrogen and oxygen atoms in total. The first-order chi connectivity index (χ1) is 18.6. The summed E-state index contributed by atoms with van der Waals surface area (Å²) in [5.41, 5.74) is 5.28.